The van der Waals surface area contributed by atoms with Gasteiger partial charge in [-0.2, -0.15) is 62.3 Å². The number of aliphatic hydroxyl groups is 1. The van der Waals surface area contributed by atoms with Crippen LogP contribution in [0.4, 0.5) is 57.1 Å². The molecule has 0 aromatic heterocycles. The van der Waals surface area contributed by atoms with Crippen LogP contribution in [0.1, 0.15) is 12.8 Å². The average Bonchev–Trinajstić information content (AvgIpc) is 2.42. The molecule has 0 bridgehead atoms. The molecule has 0 aliphatic carbocycles. The Morgan fingerprint density at radius 2 is 1.04 bits per heavy atom. The Hall–Kier alpha value is -1.46. The number of aliphatic hydroxyl groups excluding tert-OH is 1. The molecule has 0 heterocycles. The summed E-state index contributed by atoms with van der Waals surface area (Å²) in [6.07, 6.45) is -14.2. The van der Waals surface area contributed by atoms with Crippen molar-refractivity contribution >= 4 is 0 Å². The van der Waals surface area contributed by atoms with Gasteiger partial charge in [0, 0.05) is 6.42 Å². The van der Waals surface area contributed by atoms with Crippen molar-refractivity contribution in [3.05, 3.63) is 0 Å². The maximum absolute atomic E-state index is 13.1. The smallest absolute Gasteiger partial charge is 0.378 e. The highest BCUT2D eigenvalue weighted by molar-refractivity contribution is 5.10. The molecule has 25 heavy (non-hydrogen) atoms. The minimum atomic E-state index is -7.95. The highest BCUT2D eigenvalue weighted by Crippen LogP contribution is 2.60. The fraction of sp³-hybridized carbons (Fsp3) is 0.900. The minimum absolute atomic E-state index is 0.775. The molecule has 2 nitrogen and oxygen atoms in total. The quantitative estimate of drug-likeness (QED) is 0.506. The molecule has 0 radical (unpaired) electrons. The van der Waals surface area contributed by atoms with Crippen LogP contribution < -0.4 is 0 Å². The topological polar surface area (TPSA) is 44.0 Å². The van der Waals surface area contributed by atoms with E-state index < -0.39 is 54.7 Å². The number of halogens is 13. The number of hydrogen-bond acceptors (Lipinski definition) is 2. The van der Waals surface area contributed by atoms with Crippen molar-refractivity contribution in [2.24, 2.45) is 0 Å². The van der Waals surface area contributed by atoms with E-state index in [0.717, 1.165) is 6.07 Å². The number of alkyl halides is 13. The highest BCUT2D eigenvalue weighted by atomic mass is 19.4. The largest absolute Gasteiger partial charge is 0.460 e. The van der Waals surface area contributed by atoms with Crippen LogP contribution in [0.5, 0.6) is 0 Å². The Bertz CT molecular complexity index is 518. The second-order valence-electron chi connectivity index (χ2n) is 4.68. The van der Waals surface area contributed by atoms with Gasteiger partial charge in [-0.25, -0.2) is 0 Å². The monoisotopic (exact) mass is 403 g/mol. The minimum Gasteiger partial charge on any atom is -0.378 e. The number of nitrogens with zero attached hydrogens (tertiary/aromatic N) is 1. The van der Waals surface area contributed by atoms with Crippen molar-refractivity contribution in [1.82, 2.24) is 0 Å². The molecule has 0 aliphatic rings. The SMILES string of the molecule is N#CC(O)CCC(F)(F)C(F)(F)C(F)(F)C(F)(F)C(F)(F)C(F)(F)F. The Kier molecular flexibility index (Phi) is 5.99. The van der Waals surface area contributed by atoms with Crippen molar-refractivity contribution in [2.75, 3.05) is 0 Å². The molecular formula is C10H6F13NO. The third kappa shape index (κ3) is 3.58. The van der Waals surface area contributed by atoms with Gasteiger partial charge in [-0.15, -0.1) is 0 Å². The van der Waals surface area contributed by atoms with Gasteiger partial charge in [-0.3, -0.25) is 0 Å². The Morgan fingerprint density at radius 1 is 0.680 bits per heavy atom. The molecule has 1 N–H and O–H groups in total. The maximum atomic E-state index is 13.1. The number of rotatable bonds is 7. The number of nitriles is 1. The summed E-state index contributed by atoms with van der Waals surface area (Å²) >= 11 is 0. The van der Waals surface area contributed by atoms with Gasteiger partial charge in [0.05, 0.1) is 6.07 Å². The van der Waals surface area contributed by atoms with E-state index in [1.165, 1.54) is 0 Å². The van der Waals surface area contributed by atoms with Gasteiger partial charge in [0.15, 0.2) is 0 Å². The van der Waals surface area contributed by atoms with Crippen molar-refractivity contribution < 1.29 is 62.2 Å². The van der Waals surface area contributed by atoms with Gasteiger partial charge >= 0.3 is 35.8 Å². The standard InChI is InChI=1S/C10H6F13NO/c11-5(12,2-1-4(25)3-24)6(13,14)7(15,16)8(17,18)9(19,20)10(21,22)23/h4,25H,1-2H2. The third-order valence-corrected chi connectivity index (χ3v) is 2.88. The molecule has 15 heteroatoms. The summed E-state index contributed by atoms with van der Waals surface area (Å²) in [5.41, 5.74) is 0. The summed E-state index contributed by atoms with van der Waals surface area (Å²) in [7, 11) is 0. The van der Waals surface area contributed by atoms with Crippen LogP contribution in [-0.2, 0) is 0 Å². The molecule has 0 saturated heterocycles. The molecule has 0 spiro atoms. The predicted octanol–water partition coefficient (Wildman–Crippen LogP) is 4.39. The van der Waals surface area contributed by atoms with Crippen LogP contribution in [0.25, 0.3) is 0 Å². The third-order valence-electron chi connectivity index (χ3n) is 2.88. The predicted molar refractivity (Wildman–Crippen MR) is 51.6 cm³/mol. The Morgan fingerprint density at radius 3 is 1.36 bits per heavy atom. The Balaban J connectivity index is 6.00. The zero-order valence-corrected chi connectivity index (χ0v) is 11.3. The van der Waals surface area contributed by atoms with Crippen LogP contribution in [0.3, 0.4) is 0 Å². The fourth-order valence-corrected chi connectivity index (χ4v) is 1.34. The van der Waals surface area contributed by atoms with Gasteiger partial charge in [-0.1, -0.05) is 0 Å². The van der Waals surface area contributed by atoms with E-state index >= 15 is 0 Å². The van der Waals surface area contributed by atoms with Crippen LogP contribution in [0, 0.1) is 11.3 Å². The molecule has 0 rings (SSSR count). The van der Waals surface area contributed by atoms with Gasteiger partial charge in [0.25, 0.3) is 0 Å². The van der Waals surface area contributed by atoms with Crippen molar-refractivity contribution in [3.63, 3.8) is 0 Å². The number of hydrogen-bond donors (Lipinski definition) is 1. The Labute approximate surface area is 129 Å². The fourth-order valence-electron chi connectivity index (χ4n) is 1.34. The maximum Gasteiger partial charge on any atom is 0.460 e. The molecule has 0 aromatic rings. The first-order valence-corrected chi connectivity index (χ1v) is 5.74. The summed E-state index contributed by atoms with van der Waals surface area (Å²) < 4.78 is 164. The van der Waals surface area contributed by atoms with Crippen molar-refractivity contribution in [2.45, 2.75) is 54.7 Å². The van der Waals surface area contributed by atoms with E-state index in [-0.39, 0.29) is 0 Å². The highest BCUT2D eigenvalue weighted by Gasteiger charge is 2.90. The first-order chi connectivity index (χ1) is 10.7. The summed E-state index contributed by atoms with van der Waals surface area (Å²) in [4.78, 5) is 0. The molecule has 0 aliphatic heterocycles. The summed E-state index contributed by atoms with van der Waals surface area (Å²) in [5.74, 6) is -37.2. The molecule has 0 fully saturated rings. The summed E-state index contributed by atoms with van der Waals surface area (Å²) in [6, 6.07) is 0.775. The summed E-state index contributed by atoms with van der Waals surface area (Å²) in [5, 5.41) is 16.5. The lowest BCUT2D eigenvalue weighted by molar-refractivity contribution is -0.440. The molecular weight excluding hydrogens is 397 g/mol. The van der Waals surface area contributed by atoms with Gasteiger partial charge in [0.1, 0.15) is 6.10 Å². The van der Waals surface area contributed by atoms with Crippen LogP contribution in [0.2, 0.25) is 0 Å². The van der Waals surface area contributed by atoms with Gasteiger partial charge in [0.2, 0.25) is 0 Å². The average molecular weight is 403 g/mol. The molecule has 1 unspecified atom stereocenters. The van der Waals surface area contributed by atoms with E-state index in [1.54, 1.807) is 0 Å². The van der Waals surface area contributed by atoms with E-state index in [0.29, 0.717) is 0 Å². The van der Waals surface area contributed by atoms with Gasteiger partial charge in [-0.05, 0) is 6.42 Å². The molecule has 148 valence electrons. The van der Waals surface area contributed by atoms with Crippen molar-refractivity contribution in [1.29, 1.82) is 5.26 Å². The lowest BCUT2D eigenvalue weighted by atomic mass is 9.91. The van der Waals surface area contributed by atoms with E-state index in [4.69, 9.17) is 10.4 Å². The van der Waals surface area contributed by atoms with Crippen LogP contribution >= 0.6 is 0 Å². The second kappa shape index (κ2) is 6.36. The first-order valence-electron chi connectivity index (χ1n) is 5.74. The molecule has 1 atom stereocenters. The van der Waals surface area contributed by atoms with E-state index in [9.17, 15) is 57.1 Å². The zero-order chi connectivity index (χ0) is 20.7. The second-order valence-corrected chi connectivity index (χ2v) is 4.68. The summed E-state index contributed by atoms with van der Waals surface area (Å²) in [6.45, 7) is 0. The molecule has 0 saturated carbocycles. The lowest BCUT2D eigenvalue weighted by Crippen LogP contribution is -2.70. The molecule has 0 aromatic carbocycles. The normalized spacial score (nSPS) is 16.5. The van der Waals surface area contributed by atoms with Crippen LogP contribution in [-0.4, -0.2) is 47.0 Å². The lowest BCUT2D eigenvalue weighted by Gasteiger charge is -2.39. The van der Waals surface area contributed by atoms with E-state index in [2.05, 4.69) is 0 Å². The first kappa shape index (κ1) is 23.5. The zero-order valence-electron chi connectivity index (χ0n) is 11.3. The van der Waals surface area contributed by atoms with Gasteiger partial charge < -0.3 is 5.11 Å². The molecule has 0 amide bonds. The van der Waals surface area contributed by atoms with Crippen LogP contribution in [0.15, 0.2) is 0 Å². The van der Waals surface area contributed by atoms with Crippen molar-refractivity contribution in [3.8, 4) is 6.07 Å². The van der Waals surface area contributed by atoms with E-state index in [1.807, 2.05) is 0 Å².